The topological polar surface area (TPSA) is 33.0 Å². The summed E-state index contributed by atoms with van der Waals surface area (Å²) < 4.78 is 5.44. The van der Waals surface area contributed by atoms with Crippen molar-refractivity contribution in [3.63, 3.8) is 0 Å². The number of benzene rings is 1. The van der Waals surface area contributed by atoms with Crippen molar-refractivity contribution in [2.75, 3.05) is 6.61 Å². The molecule has 0 amide bonds. The lowest BCUT2D eigenvalue weighted by Crippen LogP contribution is -1.97. The van der Waals surface area contributed by atoms with E-state index in [0.29, 0.717) is 13.0 Å². The molecule has 0 saturated carbocycles. The van der Waals surface area contributed by atoms with Crippen LogP contribution in [0.15, 0.2) is 12.1 Å². The average molecular weight is 189 g/mol. The zero-order valence-corrected chi connectivity index (χ0v) is 8.92. The van der Waals surface area contributed by atoms with Crippen LogP contribution >= 0.6 is 0 Å². The molecule has 2 heteroatoms. The van der Waals surface area contributed by atoms with E-state index in [-0.39, 0.29) is 0 Å². The number of ether oxygens (including phenoxy) is 1. The molecule has 0 bridgehead atoms. The molecule has 0 unspecified atom stereocenters. The second kappa shape index (κ2) is 4.66. The van der Waals surface area contributed by atoms with Crippen LogP contribution in [0.5, 0.6) is 5.75 Å². The Morgan fingerprint density at radius 2 is 1.79 bits per heavy atom. The first kappa shape index (κ1) is 10.6. The van der Waals surface area contributed by atoms with Crippen LogP contribution in [0.4, 0.5) is 0 Å². The second-order valence-corrected chi connectivity index (χ2v) is 3.44. The standard InChI is InChI=1S/C12H15NO/c1-9-7-12(14-6-4-5-13)8-10(2)11(9)3/h7-8H,4,6H2,1-3H3. The molecule has 0 N–H and O–H groups in total. The van der Waals surface area contributed by atoms with Crippen molar-refractivity contribution in [1.82, 2.24) is 0 Å². The van der Waals surface area contributed by atoms with Crippen molar-refractivity contribution in [3.8, 4) is 11.8 Å². The van der Waals surface area contributed by atoms with Crippen molar-refractivity contribution >= 4 is 0 Å². The average Bonchev–Trinajstić information content (AvgIpc) is 2.14. The first-order chi connectivity index (χ1) is 6.65. The van der Waals surface area contributed by atoms with Crippen LogP contribution in [0.2, 0.25) is 0 Å². The first-order valence-electron chi connectivity index (χ1n) is 4.72. The SMILES string of the molecule is Cc1cc(OCCC#N)cc(C)c1C. The Labute approximate surface area is 85.1 Å². The molecule has 0 aromatic heterocycles. The highest BCUT2D eigenvalue weighted by molar-refractivity contribution is 5.40. The minimum Gasteiger partial charge on any atom is -0.493 e. The monoisotopic (exact) mass is 189 g/mol. The molecule has 0 heterocycles. The Hall–Kier alpha value is -1.49. The van der Waals surface area contributed by atoms with Gasteiger partial charge in [-0.1, -0.05) is 0 Å². The van der Waals surface area contributed by atoms with Crippen LogP contribution < -0.4 is 4.74 Å². The van der Waals surface area contributed by atoms with Gasteiger partial charge in [-0.3, -0.25) is 0 Å². The third kappa shape index (κ3) is 2.50. The van der Waals surface area contributed by atoms with Gasteiger partial charge < -0.3 is 4.74 Å². The molecule has 1 aromatic carbocycles. The molecule has 0 aliphatic heterocycles. The largest absolute Gasteiger partial charge is 0.493 e. The summed E-state index contributed by atoms with van der Waals surface area (Å²) in [5, 5.41) is 8.37. The molecule has 0 aliphatic rings. The summed E-state index contributed by atoms with van der Waals surface area (Å²) in [7, 11) is 0. The predicted octanol–water partition coefficient (Wildman–Crippen LogP) is 2.90. The quantitative estimate of drug-likeness (QED) is 0.685. The van der Waals surface area contributed by atoms with Crippen LogP contribution in [0.1, 0.15) is 23.1 Å². The summed E-state index contributed by atoms with van der Waals surface area (Å²) in [4.78, 5) is 0. The number of nitrogens with zero attached hydrogens (tertiary/aromatic N) is 1. The van der Waals surface area contributed by atoms with Gasteiger partial charge >= 0.3 is 0 Å². The van der Waals surface area contributed by atoms with Gasteiger partial charge in [-0.25, -0.2) is 0 Å². The van der Waals surface area contributed by atoms with Crippen LogP contribution in [0, 0.1) is 32.1 Å². The highest BCUT2D eigenvalue weighted by Gasteiger charge is 2.01. The lowest BCUT2D eigenvalue weighted by molar-refractivity contribution is 0.326. The fourth-order valence-electron chi connectivity index (χ4n) is 1.29. The van der Waals surface area contributed by atoms with E-state index < -0.39 is 0 Å². The van der Waals surface area contributed by atoms with Crippen molar-refractivity contribution in [2.24, 2.45) is 0 Å². The molecule has 0 atom stereocenters. The molecule has 0 radical (unpaired) electrons. The third-order valence-corrected chi connectivity index (χ3v) is 2.38. The lowest BCUT2D eigenvalue weighted by atomic mass is 10.0. The van der Waals surface area contributed by atoms with Gasteiger partial charge in [0, 0.05) is 0 Å². The van der Waals surface area contributed by atoms with E-state index in [9.17, 15) is 0 Å². The Bertz CT molecular complexity index is 340. The van der Waals surface area contributed by atoms with Crippen molar-refractivity contribution in [3.05, 3.63) is 28.8 Å². The molecular weight excluding hydrogens is 174 g/mol. The van der Waals surface area contributed by atoms with E-state index in [2.05, 4.69) is 26.8 Å². The fourth-order valence-corrected chi connectivity index (χ4v) is 1.29. The molecule has 1 rings (SSSR count). The van der Waals surface area contributed by atoms with Gasteiger partial charge in [-0.05, 0) is 49.6 Å². The molecule has 0 spiro atoms. The zero-order chi connectivity index (χ0) is 10.6. The molecule has 74 valence electrons. The maximum Gasteiger partial charge on any atom is 0.119 e. The summed E-state index contributed by atoms with van der Waals surface area (Å²) in [5.41, 5.74) is 3.77. The number of nitriles is 1. The molecule has 0 fully saturated rings. The normalized spacial score (nSPS) is 9.57. The van der Waals surface area contributed by atoms with Crippen molar-refractivity contribution in [1.29, 1.82) is 5.26 Å². The maximum atomic E-state index is 8.37. The fraction of sp³-hybridized carbons (Fsp3) is 0.417. The molecule has 1 aromatic rings. The Kier molecular flexibility index (Phi) is 3.53. The minimum atomic E-state index is 0.436. The van der Waals surface area contributed by atoms with Gasteiger partial charge in [-0.2, -0.15) is 5.26 Å². The van der Waals surface area contributed by atoms with Crippen LogP contribution in [-0.2, 0) is 0 Å². The number of aryl methyl sites for hydroxylation is 2. The van der Waals surface area contributed by atoms with E-state index in [1.807, 2.05) is 12.1 Å². The molecule has 14 heavy (non-hydrogen) atoms. The lowest BCUT2D eigenvalue weighted by Gasteiger charge is -2.09. The zero-order valence-electron chi connectivity index (χ0n) is 8.92. The Balaban J connectivity index is 2.75. The molecule has 2 nitrogen and oxygen atoms in total. The minimum absolute atomic E-state index is 0.436. The van der Waals surface area contributed by atoms with E-state index in [0.717, 1.165) is 5.75 Å². The molecule has 0 saturated heterocycles. The van der Waals surface area contributed by atoms with Gasteiger partial charge in [0.1, 0.15) is 12.4 Å². The maximum absolute atomic E-state index is 8.37. The van der Waals surface area contributed by atoms with Gasteiger partial charge in [-0.15, -0.1) is 0 Å². The summed E-state index contributed by atoms with van der Waals surface area (Å²) in [6.07, 6.45) is 0.436. The van der Waals surface area contributed by atoms with E-state index in [4.69, 9.17) is 10.00 Å². The van der Waals surface area contributed by atoms with Crippen LogP contribution in [-0.4, -0.2) is 6.61 Å². The Morgan fingerprint density at radius 1 is 1.21 bits per heavy atom. The van der Waals surface area contributed by atoms with Crippen LogP contribution in [0.3, 0.4) is 0 Å². The second-order valence-electron chi connectivity index (χ2n) is 3.44. The van der Waals surface area contributed by atoms with Crippen molar-refractivity contribution < 1.29 is 4.74 Å². The highest BCUT2D eigenvalue weighted by Crippen LogP contribution is 2.20. The van der Waals surface area contributed by atoms with Gasteiger partial charge in [0.05, 0.1) is 12.5 Å². The van der Waals surface area contributed by atoms with Crippen molar-refractivity contribution in [2.45, 2.75) is 27.2 Å². The first-order valence-corrected chi connectivity index (χ1v) is 4.72. The molecule has 0 aliphatic carbocycles. The van der Waals surface area contributed by atoms with E-state index >= 15 is 0 Å². The summed E-state index contributed by atoms with van der Waals surface area (Å²) in [6.45, 7) is 6.71. The number of rotatable bonds is 3. The summed E-state index contributed by atoms with van der Waals surface area (Å²) in [6, 6.07) is 6.08. The van der Waals surface area contributed by atoms with Gasteiger partial charge in [0.15, 0.2) is 0 Å². The summed E-state index contributed by atoms with van der Waals surface area (Å²) in [5.74, 6) is 0.862. The molecular formula is C12H15NO. The highest BCUT2D eigenvalue weighted by atomic mass is 16.5. The van der Waals surface area contributed by atoms with Crippen LogP contribution in [0.25, 0.3) is 0 Å². The Morgan fingerprint density at radius 3 is 2.29 bits per heavy atom. The number of hydrogen-bond donors (Lipinski definition) is 0. The third-order valence-electron chi connectivity index (χ3n) is 2.38. The number of hydrogen-bond acceptors (Lipinski definition) is 2. The van der Waals surface area contributed by atoms with Gasteiger partial charge in [0.2, 0.25) is 0 Å². The predicted molar refractivity (Wildman–Crippen MR) is 56.4 cm³/mol. The smallest absolute Gasteiger partial charge is 0.119 e. The van der Waals surface area contributed by atoms with E-state index in [1.54, 1.807) is 0 Å². The summed E-state index contributed by atoms with van der Waals surface area (Å²) >= 11 is 0. The van der Waals surface area contributed by atoms with Gasteiger partial charge in [0.25, 0.3) is 0 Å². The van der Waals surface area contributed by atoms with E-state index in [1.165, 1.54) is 16.7 Å².